The van der Waals surface area contributed by atoms with Crippen molar-refractivity contribution in [2.45, 2.75) is 51.1 Å². The molecule has 0 aromatic heterocycles. The molecule has 0 unspecified atom stereocenters. The van der Waals surface area contributed by atoms with E-state index in [4.69, 9.17) is 0 Å². The Morgan fingerprint density at radius 3 is 2.75 bits per heavy atom. The van der Waals surface area contributed by atoms with Gasteiger partial charge in [0.2, 0.25) is 5.92 Å². The Balaban J connectivity index is 2.47. The van der Waals surface area contributed by atoms with Crippen LogP contribution in [0.3, 0.4) is 0 Å². The summed E-state index contributed by atoms with van der Waals surface area (Å²) in [7, 11) is 0. The molecule has 1 saturated carbocycles. The van der Waals surface area contributed by atoms with E-state index in [-0.39, 0.29) is 25.2 Å². The van der Waals surface area contributed by atoms with Crippen LogP contribution in [0, 0.1) is 5.92 Å². The molecule has 1 aliphatic rings. The van der Waals surface area contributed by atoms with Gasteiger partial charge < -0.3 is 5.11 Å². The van der Waals surface area contributed by atoms with E-state index in [0.29, 0.717) is 0 Å². The van der Waals surface area contributed by atoms with Crippen LogP contribution in [0.1, 0.15) is 39.0 Å². The average molecular weight is 178 g/mol. The Kier molecular flexibility index (Phi) is 3.04. The van der Waals surface area contributed by atoms with Gasteiger partial charge in [-0.05, 0) is 18.8 Å². The lowest BCUT2D eigenvalue weighted by Gasteiger charge is -2.32. The number of aliphatic hydroxyl groups is 1. The normalized spacial score (nSPS) is 35.0. The first-order valence-electron chi connectivity index (χ1n) is 4.61. The van der Waals surface area contributed by atoms with Crippen LogP contribution in [0.25, 0.3) is 0 Å². The Morgan fingerprint density at radius 2 is 2.17 bits per heavy atom. The standard InChI is InChI=1S/C9H16F2O/c1-2-3-7-6-9(10,11)5-4-8(7)12/h7-8,12H,2-6H2,1H3/t7-,8-/m1/s1. The highest BCUT2D eigenvalue weighted by Gasteiger charge is 2.40. The third-order valence-corrected chi connectivity index (χ3v) is 2.57. The topological polar surface area (TPSA) is 20.2 Å². The van der Waals surface area contributed by atoms with Crippen LogP contribution < -0.4 is 0 Å². The molecule has 72 valence electrons. The monoisotopic (exact) mass is 178 g/mol. The Morgan fingerprint density at radius 1 is 1.50 bits per heavy atom. The maximum atomic E-state index is 12.8. The van der Waals surface area contributed by atoms with Crippen molar-refractivity contribution in [2.24, 2.45) is 5.92 Å². The predicted octanol–water partition coefficient (Wildman–Crippen LogP) is 2.58. The number of rotatable bonds is 2. The molecule has 0 saturated heterocycles. The zero-order chi connectivity index (χ0) is 9.19. The first kappa shape index (κ1) is 9.90. The van der Waals surface area contributed by atoms with Crippen molar-refractivity contribution < 1.29 is 13.9 Å². The lowest BCUT2D eigenvalue weighted by molar-refractivity contribution is -0.0932. The SMILES string of the molecule is CCC[C@@H]1CC(F)(F)CC[C@H]1O. The van der Waals surface area contributed by atoms with E-state index in [1.54, 1.807) is 0 Å². The van der Waals surface area contributed by atoms with Gasteiger partial charge >= 0.3 is 0 Å². The van der Waals surface area contributed by atoms with Gasteiger partial charge in [-0.15, -0.1) is 0 Å². The molecular formula is C9H16F2O. The summed E-state index contributed by atoms with van der Waals surface area (Å²) in [6.07, 6.45) is 1.09. The van der Waals surface area contributed by atoms with Crippen molar-refractivity contribution in [2.75, 3.05) is 0 Å². The molecule has 0 aromatic rings. The third-order valence-electron chi connectivity index (χ3n) is 2.57. The van der Waals surface area contributed by atoms with Crippen molar-refractivity contribution in [3.05, 3.63) is 0 Å². The Hall–Kier alpha value is -0.180. The minimum absolute atomic E-state index is 0.123. The molecule has 0 amide bonds. The molecule has 0 aliphatic heterocycles. The van der Waals surface area contributed by atoms with Gasteiger partial charge in [0.25, 0.3) is 0 Å². The summed E-state index contributed by atoms with van der Waals surface area (Å²) in [4.78, 5) is 0. The zero-order valence-corrected chi connectivity index (χ0v) is 7.39. The first-order chi connectivity index (χ1) is 5.55. The summed E-state index contributed by atoms with van der Waals surface area (Å²) in [6.45, 7) is 1.96. The molecule has 3 heteroatoms. The highest BCUT2D eigenvalue weighted by atomic mass is 19.3. The fourth-order valence-electron chi connectivity index (χ4n) is 1.88. The number of hydrogen-bond donors (Lipinski definition) is 1. The fourth-order valence-corrected chi connectivity index (χ4v) is 1.88. The van der Waals surface area contributed by atoms with Gasteiger partial charge in [-0.25, -0.2) is 8.78 Å². The zero-order valence-electron chi connectivity index (χ0n) is 7.39. The number of alkyl halides is 2. The fraction of sp³-hybridized carbons (Fsp3) is 1.00. The van der Waals surface area contributed by atoms with Crippen LogP contribution in [-0.4, -0.2) is 17.1 Å². The van der Waals surface area contributed by atoms with Crippen molar-refractivity contribution >= 4 is 0 Å². The maximum Gasteiger partial charge on any atom is 0.248 e. The van der Waals surface area contributed by atoms with Gasteiger partial charge in [-0.3, -0.25) is 0 Å². The molecule has 0 bridgehead atoms. The minimum atomic E-state index is -2.53. The average Bonchev–Trinajstić information content (AvgIpc) is 1.97. The molecule has 0 radical (unpaired) electrons. The van der Waals surface area contributed by atoms with Crippen LogP contribution in [-0.2, 0) is 0 Å². The van der Waals surface area contributed by atoms with Crippen molar-refractivity contribution in [1.29, 1.82) is 0 Å². The summed E-state index contributed by atoms with van der Waals surface area (Å²) in [5.74, 6) is -2.71. The van der Waals surface area contributed by atoms with E-state index in [2.05, 4.69) is 0 Å². The summed E-state index contributed by atoms with van der Waals surface area (Å²) in [5, 5.41) is 9.40. The van der Waals surface area contributed by atoms with Crippen LogP contribution in [0.2, 0.25) is 0 Å². The van der Waals surface area contributed by atoms with Crippen molar-refractivity contribution in [3.8, 4) is 0 Å². The largest absolute Gasteiger partial charge is 0.393 e. The molecular weight excluding hydrogens is 162 g/mol. The molecule has 1 aliphatic carbocycles. The molecule has 2 atom stereocenters. The molecule has 12 heavy (non-hydrogen) atoms. The van der Waals surface area contributed by atoms with E-state index in [1.165, 1.54) is 0 Å². The highest BCUT2D eigenvalue weighted by Crippen LogP contribution is 2.38. The predicted molar refractivity (Wildman–Crippen MR) is 43.2 cm³/mol. The number of halogens is 2. The van der Waals surface area contributed by atoms with E-state index in [0.717, 1.165) is 12.8 Å². The van der Waals surface area contributed by atoms with E-state index in [1.807, 2.05) is 6.92 Å². The lowest BCUT2D eigenvalue weighted by Crippen LogP contribution is -2.35. The van der Waals surface area contributed by atoms with E-state index < -0.39 is 12.0 Å². The molecule has 1 N–H and O–H groups in total. The first-order valence-corrected chi connectivity index (χ1v) is 4.61. The molecule has 0 heterocycles. The van der Waals surface area contributed by atoms with Crippen molar-refractivity contribution in [1.82, 2.24) is 0 Å². The van der Waals surface area contributed by atoms with Crippen molar-refractivity contribution in [3.63, 3.8) is 0 Å². The highest BCUT2D eigenvalue weighted by molar-refractivity contribution is 4.83. The van der Waals surface area contributed by atoms with Gasteiger partial charge in [0.05, 0.1) is 6.10 Å². The summed E-state index contributed by atoms with van der Waals surface area (Å²) in [5.41, 5.74) is 0. The van der Waals surface area contributed by atoms with Crippen LogP contribution in [0.15, 0.2) is 0 Å². The summed E-state index contributed by atoms with van der Waals surface area (Å²) >= 11 is 0. The molecule has 0 spiro atoms. The second-order valence-corrected chi connectivity index (χ2v) is 3.71. The van der Waals surface area contributed by atoms with Gasteiger partial charge in [-0.2, -0.15) is 0 Å². The lowest BCUT2D eigenvalue weighted by atomic mass is 9.81. The second kappa shape index (κ2) is 3.69. The third kappa shape index (κ3) is 2.41. The van der Waals surface area contributed by atoms with Crippen LogP contribution >= 0.6 is 0 Å². The summed E-state index contributed by atoms with van der Waals surface area (Å²) < 4.78 is 25.7. The van der Waals surface area contributed by atoms with Gasteiger partial charge in [-0.1, -0.05) is 13.3 Å². The molecule has 0 aromatic carbocycles. The Labute approximate surface area is 71.8 Å². The Bertz CT molecular complexity index is 147. The van der Waals surface area contributed by atoms with Gasteiger partial charge in [0.15, 0.2) is 0 Å². The molecule has 1 fully saturated rings. The van der Waals surface area contributed by atoms with Gasteiger partial charge in [0.1, 0.15) is 0 Å². The summed E-state index contributed by atoms with van der Waals surface area (Å²) in [6, 6.07) is 0. The molecule has 1 nitrogen and oxygen atoms in total. The maximum absolute atomic E-state index is 12.8. The number of aliphatic hydroxyl groups excluding tert-OH is 1. The van der Waals surface area contributed by atoms with Crippen LogP contribution in [0.4, 0.5) is 8.78 Å². The van der Waals surface area contributed by atoms with E-state index in [9.17, 15) is 13.9 Å². The molecule has 1 rings (SSSR count). The number of hydrogen-bond acceptors (Lipinski definition) is 1. The second-order valence-electron chi connectivity index (χ2n) is 3.71. The quantitative estimate of drug-likeness (QED) is 0.689. The smallest absolute Gasteiger partial charge is 0.248 e. The minimum Gasteiger partial charge on any atom is -0.393 e. The van der Waals surface area contributed by atoms with E-state index >= 15 is 0 Å². The van der Waals surface area contributed by atoms with Crippen LogP contribution in [0.5, 0.6) is 0 Å². The van der Waals surface area contributed by atoms with Gasteiger partial charge in [0, 0.05) is 12.8 Å².